The Morgan fingerprint density at radius 1 is 1.30 bits per heavy atom. The van der Waals surface area contributed by atoms with E-state index in [1.807, 2.05) is 0 Å². The molecule has 0 atom stereocenters. The fourth-order valence-corrected chi connectivity index (χ4v) is 2.79. The monoisotopic (exact) mass is 422 g/mol. The molecule has 30 heavy (non-hydrogen) atoms. The zero-order valence-electron chi connectivity index (χ0n) is 15.8. The molecule has 2 heterocycles. The van der Waals surface area contributed by atoms with Gasteiger partial charge in [0.05, 0.1) is 47.4 Å². The summed E-state index contributed by atoms with van der Waals surface area (Å²) in [5.41, 5.74) is 0.620. The number of benzene rings is 1. The van der Waals surface area contributed by atoms with Crippen LogP contribution in [0.25, 0.3) is 0 Å². The Bertz CT molecular complexity index is 1070. The van der Waals surface area contributed by atoms with E-state index < -0.39 is 16.7 Å². The van der Waals surface area contributed by atoms with Gasteiger partial charge >= 0.3 is 12.0 Å². The Kier molecular flexibility index (Phi) is 5.85. The molecule has 0 unspecified atom stereocenters. The number of nitrogens with one attached hydrogen (secondary N) is 1. The highest BCUT2D eigenvalue weighted by Gasteiger charge is 2.30. The highest BCUT2D eigenvalue weighted by molar-refractivity contribution is 5.90. The van der Waals surface area contributed by atoms with Crippen LogP contribution in [0.2, 0.25) is 0 Å². The number of hydrogen-bond donors (Lipinski definition) is 1. The predicted molar refractivity (Wildman–Crippen MR) is 99.6 cm³/mol. The number of hydrogen-bond acceptors (Lipinski definition) is 5. The molecule has 158 valence electrons. The van der Waals surface area contributed by atoms with Crippen LogP contribution in [0, 0.1) is 17.0 Å². The van der Waals surface area contributed by atoms with E-state index in [1.54, 1.807) is 13.0 Å². The summed E-state index contributed by atoms with van der Waals surface area (Å²) < 4.78 is 41.2. The predicted octanol–water partition coefficient (Wildman–Crippen LogP) is 3.39. The molecule has 9 nitrogen and oxygen atoms in total. The van der Waals surface area contributed by atoms with Gasteiger partial charge in [0.1, 0.15) is 0 Å². The van der Waals surface area contributed by atoms with Gasteiger partial charge in [0, 0.05) is 12.6 Å². The zero-order valence-corrected chi connectivity index (χ0v) is 15.8. The molecule has 0 aliphatic heterocycles. The van der Waals surface area contributed by atoms with Crippen LogP contribution in [0.4, 0.5) is 24.7 Å². The van der Waals surface area contributed by atoms with Crippen molar-refractivity contribution < 1.29 is 22.9 Å². The van der Waals surface area contributed by atoms with Crippen molar-refractivity contribution in [1.82, 2.24) is 19.6 Å². The van der Waals surface area contributed by atoms with Crippen LogP contribution in [0.5, 0.6) is 0 Å². The molecule has 0 bridgehead atoms. The summed E-state index contributed by atoms with van der Waals surface area (Å²) in [5.74, 6) is -0.644. The number of carbonyl (C=O) groups excluding carboxylic acids is 1. The van der Waals surface area contributed by atoms with Crippen molar-refractivity contribution >= 4 is 17.4 Å². The SMILES string of the molecule is Cc1cc([N+](=O)[O-])nn1CCC(=O)Nc1cnn(Cc2cccc(C(F)(F)F)c2)c1. The van der Waals surface area contributed by atoms with E-state index in [4.69, 9.17) is 0 Å². The van der Waals surface area contributed by atoms with Crippen LogP contribution < -0.4 is 5.32 Å². The van der Waals surface area contributed by atoms with Crippen molar-refractivity contribution in [2.75, 3.05) is 5.32 Å². The minimum atomic E-state index is -4.42. The smallest absolute Gasteiger partial charge is 0.358 e. The van der Waals surface area contributed by atoms with Gasteiger partial charge in [-0.2, -0.15) is 23.0 Å². The van der Waals surface area contributed by atoms with Gasteiger partial charge in [0.15, 0.2) is 0 Å². The molecule has 3 rings (SSSR count). The second-order valence-corrected chi connectivity index (χ2v) is 6.55. The van der Waals surface area contributed by atoms with E-state index in [0.717, 1.165) is 12.1 Å². The van der Waals surface area contributed by atoms with Gasteiger partial charge in [-0.3, -0.25) is 9.48 Å². The zero-order chi connectivity index (χ0) is 21.9. The molecule has 0 radical (unpaired) electrons. The Labute approximate surface area is 168 Å². The van der Waals surface area contributed by atoms with Crippen LogP contribution in [-0.2, 0) is 24.1 Å². The highest BCUT2D eigenvalue weighted by atomic mass is 19.4. The first-order valence-corrected chi connectivity index (χ1v) is 8.79. The summed E-state index contributed by atoms with van der Waals surface area (Å²) >= 11 is 0. The third-order valence-electron chi connectivity index (χ3n) is 4.22. The van der Waals surface area contributed by atoms with Crippen LogP contribution in [0.1, 0.15) is 23.2 Å². The minimum Gasteiger partial charge on any atom is -0.358 e. The molecule has 1 N–H and O–H groups in total. The van der Waals surface area contributed by atoms with Gasteiger partial charge in [-0.1, -0.05) is 12.1 Å². The Morgan fingerprint density at radius 2 is 2.07 bits per heavy atom. The van der Waals surface area contributed by atoms with Gasteiger partial charge in [-0.25, -0.2) is 0 Å². The fraction of sp³-hybridized carbons (Fsp3) is 0.278. The van der Waals surface area contributed by atoms with Gasteiger partial charge in [0.2, 0.25) is 5.91 Å². The lowest BCUT2D eigenvalue weighted by Gasteiger charge is -2.08. The molecule has 0 saturated heterocycles. The molecule has 3 aromatic rings. The number of aryl methyl sites for hydroxylation is 2. The lowest BCUT2D eigenvalue weighted by molar-refractivity contribution is -0.389. The van der Waals surface area contributed by atoms with E-state index in [2.05, 4.69) is 15.5 Å². The number of halogens is 3. The molecule has 1 amide bonds. The number of amides is 1. The summed E-state index contributed by atoms with van der Waals surface area (Å²) in [6.45, 7) is 1.91. The number of nitro groups is 1. The molecule has 1 aromatic carbocycles. The lowest BCUT2D eigenvalue weighted by atomic mass is 10.1. The molecule has 0 saturated carbocycles. The van der Waals surface area contributed by atoms with E-state index in [9.17, 15) is 28.1 Å². The topological polar surface area (TPSA) is 108 Å². The summed E-state index contributed by atoms with van der Waals surface area (Å²) in [6, 6.07) is 6.24. The van der Waals surface area contributed by atoms with Gasteiger partial charge < -0.3 is 15.4 Å². The van der Waals surface area contributed by atoms with Crippen molar-refractivity contribution in [2.45, 2.75) is 32.6 Å². The minimum absolute atomic E-state index is 0.0263. The number of alkyl halides is 3. The van der Waals surface area contributed by atoms with Gasteiger partial charge in [-0.05, 0) is 29.5 Å². The largest absolute Gasteiger partial charge is 0.416 e. The molecule has 0 aliphatic carbocycles. The van der Waals surface area contributed by atoms with Crippen molar-refractivity contribution in [3.05, 3.63) is 69.7 Å². The third kappa shape index (κ3) is 5.21. The number of aromatic nitrogens is 4. The average molecular weight is 422 g/mol. The molecule has 0 fully saturated rings. The maximum absolute atomic E-state index is 12.8. The second-order valence-electron chi connectivity index (χ2n) is 6.55. The van der Waals surface area contributed by atoms with Gasteiger partial charge in [-0.15, -0.1) is 0 Å². The van der Waals surface area contributed by atoms with E-state index >= 15 is 0 Å². The average Bonchev–Trinajstić information content (AvgIpc) is 3.26. The Balaban J connectivity index is 1.56. The Hall–Kier alpha value is -3.70. The fourth-order valence-electron chi connectivity index (χ4n) is 2.79. The second kappa shape index (κ2) is 8.35. The first kappa shape index (κ1) is 21.0. The van der Waals surface area contributed by atoms with Crippen LogP contribution in [0.3, 0.4) is 0 Å². The van der Waals surface area contributed by atoms with Crippen molar-refractivity contribution in [3.8, 4) is 0 Å². The van der Waals surface area contributed by atoms with Crippen molar-refractivity contribution in [3.63, 3.8) is 0 Å². The van der Waals surface area contributed by atoms with E-state index in [0.29, 0.717) is 16.9 Å². The summed E-state index contributed by atoms with van der Waals surface area (Å²) in [6.07, 6.45) is -1.51. The van der Waals surface area contributed by atoms with E-state index in [1.165, 1.54) is 33.9 Å². The molecular formula is C18H17F3N6O3. The third-order valence-corrected chi connectivity index (χ3v) is 4.22. The van der Waals surface area contributed by atoms with Gasteiger partial charge in [0.25, 0.3) is 0 Å². The molecule has 0 spiro atoms. The van der Waals surface area contributed by atoms with Crippen molar-refractivity contribution in [1.29, 1.82) is 0 Å². The summed E-state index contributed by atoms with van der Waals surface area (Å²) in [7, 11) is 0. The maximum Gasteiger partial charge on any atom is 0.416 e. The summed E-state index contributed by atoms with van der Waals surface area (Å²) in [5, 5.41) is 21.2. The van der Waals surface area contributed by atoms with Crippen molar-refractivity contribution in [2.24, 2.45) is 0 Å². The van der Waals surface area contributed by atoms with Crippen LogP contribution in [-0.4, -0.2) is 30.4 Å². The first-order valence-electron chi connectivity index (χ1n) is 8.79. The summed E-state index contributed by atoms with van der Waals surface area (Å²) in [4.78, 5) is 22.2. The maximum atomic E-state index is 12.8. The molecule has 12 heteroatoms. The first-order chi connectivity index (χ1) is 14.1. The number of anilines is 1. The van der Waals surface area contributed by atoms with Crippen LogP contribution in [0.15, 0.2) is 42.7 Å². The van der Waals surface area contributed by atoms with E-state index in [-0.39, 0.29) is 31.2 Å². The van der Waals surface area contributed by atoms with Crippen LogP contribution >= 0.6 is 0 Å². The molecule has 0 aliphatic rings. The quantitative estimate of drug-likeness (QED) is 0.464. The lowest BCUT2D eigenvalue weighted by Crippen LogP contribution is -2.15. The molecular weight excluding hydrogens is 405 g/mol. The number of carbonyl (C=O) groups is 1. The normalized spacial score (nSPS) is 11.5. The highest BCUT2D eigenvalue weighted by Crippen LogP contribution is 2.29. The Morgan fingerprint density at radius 3 is 2.73 bits per heavy atom. The standard InChI is InChI=1S/C18H17F3N6O3/c1-12-7-16(27(29)30)24-26(12)6-5-17(28)23-15-9-22-25(11-15)10-13-3-2-4-14(8-13)18(19,20)21/h2-4,7-9,11H,5-6,10H2,1H3,(H,23,28). The number of rotatable bonds is 7. The number of nitrogens with zero attached hydrogens (tertiary/aromatic N) is 5. The molecule has 2 aromatic heterocycles.